The second-order valence-corrected chi connectivity index (χ2v) is 9.29. The Hall–Kier alpha value is -2.02. The van der Waals surface area contributed by atoms with E-state index in [1.54, 1.807) is 13.0 Å². The van der Waals surface area contributed by atoms with Gasteiger partial charge in [-0.1, -0.05) is 44.0 Å². The molecule has 2 aliphatic heterocycles. The van der Waals surface area contributed by atoms with Crippen molar-refractivity contribution in [3.05, 3.63) is 53.6 Å². The van der Waals surface area contributed by atoms with Crippen molar-refractivity contribution in [3.63, 3.8) is 0 Å². The van der Waals surface area contributed by atoms with E-state index < -0.39 is 11.6 Å². The van der Waals surface area contributed by atoms with E-state index in [0.717, 1.165) is 31.2 Å². The number of ether oxygens (including phenoxy) is 4. The molecular formula is C28H36F2O4. The minimum Gasteiger partial charge on any atom is -0.491 e. The monoisotopic (exact) mass is 474 g/mol. The summed E-state index contributed by atoms with van der Waals surface area (Å²) < 4.78 is 52.0. The van der Waals surface area contributed by atoms with E-state index in [0.29, 0.717) is 31.3 Å². The highest BCUT2D eigenvalue weighted by molar-refractivity contribution is 5.65. The Kier molecular flexibility index (Phi) is 8.92. The van der Waals surface area contributed by atoms with Crippen LogP contribution in [0.1, 0.15) is 63.9 Å². The summed E-state index contributed by atoms with van der Waals surface area (Å²) in [5.74, 6) is -1.32. The molecule has 0 spiro atoms. The van der Waals surface area contributed by atoms with Crippen molar-refractivity contribution in [2.24, 2.45) is 5.92 Å². The summed E-state index contributed by atoms with van der Waals surface area (Å²) in [6.45, 7) is 6.27. The number of rotatable bonds is 9. The van der Waals surface area contributed by atoms with Crippen LogP contribution in [0.5, 0.6) is 5.75 Å². The van der Waals surface area contributed by atoms with Crippen molar-refractivity contribution in [2.75, 3.05) is 26.4 Å². The van der Waals surface area contributed by atoms with Gasteiger partial charge >= 0.3 is 0 Å². The lowest BCUT2D eigenvalue weighted by Gasteiger charge is -2.38. The molecule has 2 aromatic rings. The van der Waals surface area contributed by atoms with Gasteiger partial charge < -0.3 is 18.9 Å². The van der Waals surface area contributed by atoms with Crippen LogP contribution < -0.4 is 4.74 Å². The Morgan fingerprint density at radius 3 is 2.26 bits per heavy atom. The molecular weight excluding hydrogens is 438 g/mol. The average Bonchev–Trinajstić information content (AvgIpc) is 2.88. The second-order valence-electron chi connectivity index (χ2n) is 9.29. The van der Waals surface area contributed by atoms with E-state index >= 15 is 0 Å². The van der Waals surface area contributed by atoms with Gasteiger partial charge in [-0.3, -0.25) is 0 Å². The fourth-order valence-corrected chi connectivity index (χ4v) is 4.86. The van der Waals surface area contributed by atoms with Crippen molar-refractivity contribution in [1.82, 2.24) is 0 Å². The zero-order valence-corrected chi connectivity index (χ0v) is 20.2. The Labute approximate surface area is 201 Å². The first-order valence-corrected chi connectivity index (χ1v) is 12.7. The van der Waals surface area contributed by atoms with Crippen LogP contribution in [-0.2, 0) is 14.2 Å². The first kappa shape index (κ1) is 25.1. The fraction of sp³-hybridized carbons (Fsp3) is 0.571. The van der Waals surface area contributed by atoms with E-state index in [4.69, 9.17) is 18.9 Å². The molecule has 0 amide bonds. The Balaban J connectivity index is 1.29. The van der Waals surface area contributed by atoms with Crippen molar-refractivity contribution >= 4 is 0 Å². The molecule has 0 aromatic heterocycles. The first-order chi connectivity index (χ1) is 16.6. The van der Waals surface area contributed by atoms with Crippen LogP contribution in [0.4, 0.5) is 8.78 Å². The van der Waals surface area contributed by atoms with Crippen LogP contribution in [0.15, 0.2) is 36.4 Å². The molecule has 2 heterocycles. The Morgan fingerprint density at radius 2 is 1.62 bits per heavy atom. The lowest BCUT2D eigenvalue weighted by molar-refractivity contribution is -0.224. The number of halogens is 2. The molecule has 4 nitrogen and oxygen atoms in total. The predicted octanol–water partition coefficient (Wildman–Crippen LogP) is 6.86. The maximum Gasteiger partial charge on any atom is 0.201 e. The number of benzene rings is 2. The van der Waals surface area contributed by atoms with Gasteiger partial charge in [0, 0.05) is 17.4 Å². The van der Waals surface area contributed by atoms with E-state index in [1.165, 1.54) is 18.9 Å². The van der Waals surface area contributed by atoms with E-state index in [2.05, 4.69) is 6.92 Å². The largest absolute Gasteiger partial charge is 0.491 e. The van der Waals surface area contributed by atoms with Gasteiger partial charge in [0.05, 0.1) is 32.5 Å². The molecule has 4 rings (SSSR count). The maximum atomic E-state index is 14.6. The van der Waals surface area contributed by atoms with Gasteiger partial charge in [-0.05, 0) is 55.9 Å². The summed E-state index contributed by atoms with van der Waals surface area (Å²) in [5, 5.41) is 0. The molecule has 0 radical (unpaired) electrons. The summed E-state index contributed by atoms with van der Waals surface area (Å²) in [7, 11) is 0. The molecule has 2 fully saturated rings. The van der Waals surface area contributed by atoms with Crippen LogP contribution in [0.2, 0.25) is 0 Å². The average molecular weight is 475 g/mol. The molecule has 6 heteroatoms. The Morgan fingerprint density at radius 1 is 0.853 bits per heavy atom. The van der Waals surface area contributed by atoms with Gasteiger partial charge in [0.1, 0.15) is 0 Å². The molecule has 2 saturated heterocycles. The number of hydrogen-bond acceptors (Lipinski definition) is 4. The fourth-order valence-electron chi connectivity index (χ4n) is 4.86. The van der Waals surface area contributed by atoms with Gasteiger partial charge in [0.2, 0.25) is 5.82 Å². The lowest BCUT2D eigenvalue weighted by Crippen LogP contribution is -2.41. The molecule has 2 aliphatic rings. The molecule has 0 aliphatic carbocycles. The van der Waals surface area contributed by atoms with Crippen LogP contribution in [0.25, 0.3) is 11.1 Å². The smallest absolute Gasteiger partial charge is 0.201 e. The zero-order valence-electron chi connectivity index (χ0n) is 20.2. The quantitative estimate of drug-likeness (QED) is 0.372. The molecule has 0 N–H and O–H groups in total. The summed E-state index contributed by atoms with van der Waals surface area (Å²) >= 11 is 0. The lowest BCUT2D eigenvalue weighted by atomic mass is 9.87. The van der Waals surface area contributed by atoms with Crippen molar-refractivity contribution in [1.29, 1.82) is 0 Å². The van der Waals surface area contributed by atoms with Gasteiger partial charge in [0.25, 0.3) is 0 Å². The zero-order chi connectivity index (χ0) is 23.9. The summed E-state index contributed by atoms with van der Waals surface area (Å²) in [5.41, 5.74) is 2.03. The SMILES string of the molecule is CCCCCC1OCC(C2CCC(c3ccc(-c4ccc(OCC)c(F)c4F)cc3)CO2)CO1. The highest BCUT2D eigenvalue weighted by atomic mass is 19.2. The third kappa shape index (κ3) is 5.96. The van der Waals surface area contributed by atoms with Crippen molar-refractivity contribution < 1.29 is 27.7 Å². The summed E-state index contributed by atoms with van der Waals surface area (Å²) in [4.78, 5) is 0. The van der Waals surface area contributed by atoms with Crippen LogP contribution >= 0.6 is 0 Å². The molecule has 2 atom stereocenters. The molecule has 2 aromatic carbocycles. The topological polar surface area (TPSA) is 36.9 Å². The Bertz CT molecular complexity index is 901. The normalized spacial score (nSPS) is 25.3. The van der Waals surface area contributed by atoms with Gasteiger partial charge in [-0.25, -0.2) is 4.39 Å². The first-order valence-electron chi connectivity index (χ1n) is 12.7. The van der Waals surface area contributed by atoms with E-state index in [-0.39, 0.29) is 36.2 Å². The highest BCUT2D eigenvalue weighted by Gasteiger charge is 2.33. The molecule has 2 unspecified atom stereocenters. The summed E-state index contributed by atoms with van der Waals surface area (Å²) in [6.07, 6.45) is 6.61. The predicted molar refractivity (Wildman–Crippen MR) is 128 cm³/mol. The molecule has 0 bridgehead atoms. The molecule has 34 heavy (non-hydrogen) atoms. The van der Waals surface area contributed by atoms with E-state index in [1.807, 2.05) is 24.3 Å². The third-order valence-electron chi connectivity index (χ3n) is 6.91. The third-order valence-corrected chi connectivity index (χ3v) is 6.91. The molecule has 0 saturated carbocycles. The number of hydrogen-bond donors (Lipinski definition) is 0. The standard InChI is InChI=1S/C28H36F2O4/c1-3-5-6-7-26-33-17-22(18-34-26)24-14-12-21(16-32-24)19-8-10-20(11-9-19)23-13-15-25(31-4-2)28(30)27(23)29/h8-11,13,15,21-22,24,26H,3-7,12,14,16-18H2,1-2H3. The summed E-state index contributed by atoms with van der Waals surface area (Å²) in [6, 6.07) is 10.7. The molecule has 186 valence electrons. The minimum atomic E-state index is -0.946. The minimum absolute atomic E-state index is 0.0601. The number of unbranched alkanes of at least 4 members (excludes halogenated alkanes) is 2. The van der Waals surface area contributed by atoms with Gasteiger partial charge in [-0.2, -0.15) is 4.39 Å². The van der Waals surface area contributed by atoms with Crippen LogP contribution in [0.3, 0.4) is 0 Å². The highest BCUT2D eigenvalue weighted by Crippen LogP contribution is 2.35. The van der Waals surface area contributed by atoms with Crippen LogP contribution in [-0.4, -0.2) is 38.8 Å². The van der Waals surface area contributed by atoms with E-state index in [9.17, 15) is 8.78 Å². The van der Waals surface area contributed by atoms with Crippen molar-refractivity contribution in [3.8, 4) is 16.9 Å². The van der Waals surface area contributed by atoms with Gasteiger partial charge in [0.15, 0.2) is 17.9 Å². The van der Waals surface area contributed by atoms with Crippen molar-refractivity contribution in [2.45, 2.75) is 70.7 Å². The maximum absolute atomic E-state index is 14.6. The second kappa shape index (κ2) is 12.1. The van der Waals surface area contributed by atoms with Crippen LogP contribution in [0, 0.1) is 17.6 Å². The van der Waals surface area contributed by atoms with Gasteiger partial charge in [-0.15, -0.1) is 0 Å².